The summed E-state index contributed by atoms with van der Waals surface area (Å²) in [7, 11) is 0. The molecule has 0 fully saturated rings. The first kappa shape index (κ1) is 12.8. The van der Waals surface area contributed by atoms with Gasteiger partial charge < -0.3 is 5.32 Å². The standard InChI is InChI=1S/C11H7BrF3N3/c12-8-3-4-9(11(13,14)15)18-10(8)17-7-2-1-5-16-6-7/h1-6H,(H,17,18). The average Bonchev–Trinajstić information content (AvgIpc) is 2.32. The summed E-state index contributed by atoms with van der Waals surface area (Å²) in [5, 5.41) is 2.76. The summed E-state index contributed by atoms with van der Waals surface area (Å²) < 4.78 is 38.0. The molecule has 2 heterocycles. The van der Waals surface area contributed by atoms with E-state index in [1.165, 1.54) is 12.3 Å². The molecule has 94 valence electrons. The number of aromatic nitrogens is 2. The highest BCUT2D eigenvalue weighted by molar-refractivity contribution is 9.10. The first-order valence-corrected chi connectivity index (χ1v) is 5.67. The number of anilines is 2. The second-order valence-corrected chi connectivity index (χ2v) is 4.25. The largest absolute Gasteiger partial charge is 0.433 e. The van der Waals surface area contributed by atoms with Crippen LogP contribution >= 0.6 is 15.9 Å². The Hall–Kier alpha value is -1.63. The van der Waals surface area contributed by atoms with Crippen LogP contribution in [0.3, 0.4) is 0 Å². The van der Waals surface area contributed by atoms with E-state index in [4.69, 9.17) is 0 Å². The molecule has 0 saturated carbocycles. The van der Waals surface area contributed by atoms with Crippen molar-refractivity contribution in [2.24, 2.45) is 0 Å². The van der Waals surface area contributed by atoms with Crippen LogP contribution in [0.25, 0.3) is 0 Å². The highest BCUT2D eigenvalue weighted by atomic mass is 79.9. The van der Waals surface area contributed by atoms with Crippen LogP contribution in [-0.4, -0.2) is 9.97 Å². The summed E-state index contributed by atoms with van der Waals surface area (Å²) in [6, 6.07) is 5.57. The van der Waals surface area contributed by atoms with Crippen molar-refractivity contribution >= 4 is 27.4 Å². The average molecular weight is 318 g/mol. The highest BCUT2D eigenvalue weighted by Crippen LogP contribution is 2.31. The second-order valence-electron chi connectivity index (χ2n) is 3.39. The van der Waals surface area contributed by atoms with E-state index in [2.05, 4.69) is 31.2 Å². The van der Waals surface area contributed by atoms with Crippen molar-refractivity contribution in [3.05, 3.63) is 46.8 Å². The lowest BCUT2D eigenvalue weighted by Crippen LogP contribution is -2.09. The SMILES string of the molecule is FC(F)(F)c1ccc(Br)c(Nc2cccnc2)n1. The topological polar surface area (TPSA) is 37.8 Å². The molecule has 0 spiro atoms. The third-order valence-electron chi connectivity index (χ3n) is 2.06. The van der Waals surface area contributed by atoms with Crippen LogP contribution in [0.2, 0.25) is 0 Å². The van der Waals surface area contributed by atoms with Crippen molar-refractivity contribution in [3.63, 3.8) is 0 Å². The van der Waals surface area contributed by atoms with E-state index in [1.807, 2.05) is 0 Å². The predicted molar refractivity (Wildman–Crippen MR) is 64.5 cm³/mol. The van der Waals surface area contributed by atoms with Gasteiger partial charge >= 0.3 is 6.18 Å². The second kappa shape index (κ2) is 4.93. The van der Waals surface area contributed by atoms with Crippen LogP contribution in [0.1, 0.15) is 5.69 Å². The molecule has 0 atom stereocenters. The molecule has 2 aromatic heterocycles. The van der Waals surface area contributed by atoms with Gasteiger partial charge in [0.05, 0.1) is 16.4 Å². The molecule has 7 heteroatoms. The number of rotatable bonds is 2. The number of nitrogens with zero attached hydrogens (tertiary/aromatic N) is 2. The summed E-state index contributed by atoms with van der Waals surface area (Å²) in [5.74, 6) is 0.0952. The number of pyridine rings is 2. The molecule has 0 bridgehead atoms. The molecular weight excluding hydrogens is 311 g/mol. The summed E-state index contributed by atoms with van der Waals surface area (Å²) in [4.78, 5) is 7.38. The van der Waals surface area contributed by atoms with Crippen molar-refractivity contribution < 1.29 is 13.2 Å². The Morgan fingerprint density at radius 3 is 2.56 bits per heavy atom. The number of nitrogens with one attached hydrogen (secondary N) is 1. The van der Waals surface area contributed by atoms with Gasteiger partial charge in [-0.05, 0) is 40.2 Å². The van der Waals surface area contributed by atoms with Gasteiger partial charge in [-0.2, -0.15) is 13.2 Å². The third kappa shape index (κ3) is 2.98. The van der Waals surface area contributed by atoms with E-state index in [1.54, 1.807) is 18.3 Å². The summed E-state index contributed by atoms with van der Waals surface area (Å²) >= 11 is 3.14. The molecular formula is C11H7BrF3N3. The van der Waals surface area contributed by atoms with Gasteiger partial charge in [-0.1, -0.05) is 0 Å². The molecule has 0 aliphatic rings. The smallest absolute Gasteiger partial charge is 0.338 e. The maximum Gasteiger partial charge on any atom is 0.433 e. The zero-order chi connectivity index (χ0) is 13.2. The fourth-order valence-electron chi connectivity index (χ4n) is 1.26. The molecule has 0 unspecified atom stereocenters. The van der Waals surface area contributed by atoms with E-state index in [0.29, 0.717) is 10.2 Å². The maximum absolute atomic E-state index is 12.5. The minimum absolute atomic E-state index is 0.0952. The van der Waals surface area contributed by atoms with Gasteiger partial charge in [-0.25, -0.2) is 4.98 Å². The summed E-state index contributed by atoms with van der Waals surface area (Å²) in [5.41, 5.74) is -0.387. The Kier molecular flexibility index (Phi) is 3.51. The third-order valence-corrected chi connectivity index (χ3v) is 2.70. The molecule has 0 radical (unpaired) electrons. The van der Waals surface area contributed by atoms with E-state index >= 15 is 0 Å². The lowest BCUT2D eigenvalue weighted by atomic mass is 10.3. The Morgan fingerprint density at radius 2 is 1.94 bits per heavy atom. The van der Waals surface area contributed by atoms with Crippen molar-refractivity contribution in [1.82, 2.24) is 9.97 Å². The number of alkyl halides is 3. The predicted octanol–water partition coefficient (Wildman–Crippen LogP) is 4.00. The number of hydrogen-bond acceptors (Lipinski definition) is 3. The molecule has 2 aromatic rings. The van der Waals surface area contributed by atoms with Crippen molar-refractivity contribution in [3.8, 4) is 0 Å². The molecule has 18 heavy (non-hydrogen) atoms. The van der Waals surface area contributed by atoms with Gasteiger partial charge in [0.15, 0.2) is 0 Å². The van der Waals surface area contributed by atoms with Crippen LogP contribution in [0, 0.1) is 0 Å². The Labute approximate surface area is 109 Å². The molecule has 0 aliphatic carbocycles. The van der Waals surface area contributed by atoms with Crippen LogP contribution in [0.15, 0.2) is 41.1 Å². The van der Waals surface area contributed by atoms with E-state index in [-0.39, 0.29) is 5.82 Å². The maximum atomic E-state index is 12.5. The van der Waals surface area contributed by atoms with Gasteiger partial charge in [0.25, 0.3) is 0 Å². The van der Waals surface area contributed by atoms with Gasteiger partial charge in [0.2, 0.25) is 0 Å². The number of halogens is 4. The summed E-state index contributed by atoms with van der Waals surface area (Å²) in [6.07, 6.45) is -1.40. The van der Waals surface area contributed by atoms with Gasteiger partial charge in [0, 0.05) is 6.20 Å². The minimum atomic E-state index is -4.47. The lowest BCUT2D eigenvalue weighted by molar-refractivity contribution is -0.141. The Balaban J connectivity index is 2.33. The normalized spacial score (nSPS) is 11.3. The molecule has 1 N–H and O–H groups in total. The fourth-order valence-corrected chi connectivity index (χ4v) is 1.58. The summed E-state index contributed by atoms with van der Waals surface area (Å²) in [6.45, 7) is 0. The van der Waals surface area contributed by atoms with Gasteiger partial charge in [-0.15, -0.1) is 0 Å². The van der Waals surface area contributed by atoms with Crippen LogP contribution in [0.4, 0.5) is 24.7 Å². The monoisotopic (exact) mass is 317 g/mol. The van der Waals surface area contributed by atoms with Crippen LogP contribution in [0.5, 0.6) is 0 Å². The molecule has 2 rings (SSSR count). The van der Waals surface area contributed by atoms with Gasteiger partial charge in [-0.3, -0.25) is 4.98 Å². The quantitative estimate of drug-likeness (QED) is 0.909. The van der Waals surface area contributed by atoms with Crippen molar-refractivity contribution in [1.29, 1.82) is 0 Å². The van der Waals surface area contributed by atoms with E-state index < -0.39 is 11.9 Å². The van der Waals surface area contributed by atoms with E-state index in [0.717, 1.165) is 6.07 Å². The lowest BCUT2D eigenvalue weighted by Gasteiger charge is -2.11. The van der Waals surface area contributed by atoms with Crippen molar-refractivity contribution in [2.75, 3.05) is 5.32 Å². The fraction of sp³-hybridized carbons (Fsp3) is 0.0909. The Morgan fingerprint density at radius 1 is 1.17 bits per heavy atom. The first-order valence-electron chi connectivity index (χ1n) is 4.87. The zero-order valence-corrected chi connectivity index (χ0v) is 10.5. The number of hydrogen-bond donors (Lipinski definition) is 1. The molecule has 0 saturated heterocycles. The van der Waals surface area contributed by atoms with Gasteiger partial charge in [0.1, 0.15) is 11.5 Å². The Bertz CT molecular complexity index is 543. The molecule has 3 nitrogen and oxygen atoms in total. The van der Waals surface area contributed by atoms with E-state index in [9.17, 15) is 13.2 Å². The first-order chi connectivity index (χ1) is 8.47. The molecule has 0 aliphatic heterocycles. The zero-order valence-electron chi connectivity index (χ0n) is 8.87. The molecule has 0 amide bonds. The highest BCUT2D eigenvalue weighted by Gasteiger charge is 2.32. The molecule has 0 aromatic carbocycles. The minimum Gasteiger partial charge on any atom is -0.338 e. The van der Waals surface area contributed by atoms with Crippen molar-refractivity contribution in [2.45, 2.75) is 6.18 Å². The van der Waals surface area contributed by atoms with Crippen LogP contribution in [-0.2, 0) is 6.18 Å². The van der Waals surface area contributed by atoms with Crippen LogP contribution < -0.4 is 5.32 Å².